The van der Waals surface area contributed by atoms with Gasteiger partial charge in [-0.05, 0) is 5.87 Å². The Morgan fingerprint density at radius 1 is 1.80 bits per heavy atom. The van der Waals surface area contributed by atoms with Crippen LogP contribution in [0.5, 0.6) is 0 Å². The largest absolute Gasteiger partial charge is 0.383 e. The molecule has 0 saturated heterocycles. The fourth-order valence-electron chi connectivity index (χ4n) is 0.374. The lowest BCUT2D eigenvalue weighted by molar-refractivity contribution is 0.186. The second-order valence-corrected chi connectivity index (χ2v) is 4.04. The first-order valence-corrected chi connectivity index (χ1v) is 4.58. The van der Waals surface area contributed by atoms with Gasteiger partial charge in [0.15, 0.2) is 0 Å². The maximum absolute atomic E-state index is 10.9. The van der Waals surface area contributed by atoms with Gasteiger partial charge in [0.05, 0.1) is 16.5 Å². The normalized spacial score (nSPS) is 17.2. The van der Waals surface area contributed by atoms with E-state index in [0.717, 1.165) is 0 Å². The monoisotopic (exact) mass is 166 g/mol. The molecule has 0 bridgehead atoms. The minimum atomic E-state index is -2.52. The van der Waals surface area contributed by atoms with Crippen LogP contribution in [0.2, 0.25) is 0 Å². The minimum absolute atomic E-state index is 0.514. The summed E-state index contributed by atoms with van der Waals surface area (Å²) >= 11 is 0. The molecule has 1 atom stereocenters. The Labute approximate surface area is 62.2 Å². The van der Waals surface area contributed by atoms with Crippen molar-refractivity contribution in [1.29, 1.82) is 0 Å². The molecule has 0 aliphatic rings. The highest BCUT2D eigenvalue weighted by Crippen LogP contribution is 1.87. The van der Waals surface area contributed by atoms with Gasteiger partial charge in [0.25, 0.3) is 0 Å². The van der Waals surface area contributed by atoms with Crippen LogP contribution in [-0.2, 0) is 14.6 Å². The molecule has 0 aromatic rings. The van der Waals surface area contributed by atoms with Crippen molar-refractivity contribution in [2.24, 2.45) is 5.14 Å². The number of hydrogen-bond donors (Lipinski definition) is 1. The van der Waals surface area contributed by atoms with Crippen LogP contribution in [0.4, 0.5) is 0 Å². The molecule has 0 spiro atoms. The topological polar surface area (TPSA) is 55.6 Å². The van der Waals surface area contributed by atoms with Gasteiger partial charge >= 0.3 is 0 Å². The van der Waals surface area contributed by atoms with E-state index in [2.05, 4.69) is 5.87 Å². The first-order chi connectivity index (χ1) is 4.48. The third-order valence-corrected chi connectivity index (χ3v) is 2.38. The van der Waals surface area contributed by atoms with Gasteiger partial charge in [-0.15, -0.1) is 0 Å². The highest BCUT2D eigenvalue weighted by Gasteiger charge is 2.03. The molecule has 1 unspecified atom stereocenters. The molecule has 0 heterocycles. The van der Waals surface area contributed by atoms with E-state index < -0.39 is 9.89 Å². The van der Waals surface area contributed by atoms with E-state index in [1.807, 2.05) is 0 Å². The Hall–Kier alpha value is -0.100. The molecule has 0 rings (SSSR count). The zero-order valence-electron chi connectivity index (χ0n) is 6.37. The predicted octanol–water partition coefficient (Wildman–Crippen LogP) is -0.930. The van der Waals surface area contributed by atoms with Crippen molar-refractivity contribution in [3.05, 3.63) is 0 Å². The van der Waals surface area contributed by atoms with E-state index in [1.165, 1.54) is 4.31 Å². The molecule has 10 heavy (non-hydrogen) atoms. The second-order valence-electron chi connectivity index (χ2n) is 2.03. The van der Waals surface area contributed by atoms with Crippen molar-refractivity contribution >= 4 is 15.8 Å². The maximum atomic E-state index is 10.9. The lowest BCUT2D eigenvalue weighted by Crippen LogP contribution is -2.35. The second kappa shape index (κ2) is 3.92. The summed E-state index contributed by atoms with van der Waals surface area (Å²) in [5, 5.41) is 5.21. The number of nitrogens with zero attached hydrogens (tertiary/aromatic N) is 1. The molecule has 0 fully saturated rings. The summed E-state index contributed by atoms with van der Waals surface area (Å²) in [5.41, 5.74) is 0. The summed E-state index contributed by atoms with van der Waals surface area (Å²) < 4.78 is 17.2. The van der Waals surface area contributed by atoms with E-state index in [4.69, 9.17) is 9.88 Å². The van der Waals surface area contributed by atoms with Crippen molar-refractivity contribution in [2.75, 3.05) is 27.3 Å². The molecular formula is C5H14N2O2S. The van der Waals surface area contributed by atoms with Gasteiger partial charge in [-0.1, -0.05) is 0 Å². The first kappa shape index (κ1) is 9.90. The zero-order valence-corrected chi connectivity index (χ0v) is 7.19. The van der Waals surface area contributed by atoms with E-state index in [-0.39, 0.29) is 0 Å². The molecule has 2 N–H and O–H groups in total. The number of likely N-dealkylation sites (N-methyl/N-ethyl adjacent to an activating group) is 1. The third kappa shape index (κ3) is 3.84. The summed E-state index contributed by atoms with van der Waals surface area (Å²) in [6, 6.07) is 0. The number of rotatable bonds is 4. The minimum Gasteiger partial charge on any atom is -0.383 e. The van der Waals surface area contributed by atoms with Crippen molar-refractivity contribution in [3.8, 4) is 0 Å². The molecular weight excluding hydrogens is 152 g/mol. The molecule has 0 aliphatic carbocycles. The molecule has 0 saturated carbocycles. The number of hydrogen-bond acceptors (Lipinski definition) is 2. The summed E-state index contributed by atoms with van der Waals surface area (Å²) in [7, 11) is 0.704. The average molecular weight is 166 g/mol. The molecule has 0 aromatic carbocycles. The Morgan fingerprint density at radius 2 is 2.30 bits per heavy atom. The van der Waals surface area contributed by atoms with E-state index >= 15 is 0 Å². The molecule has 62 valence electrons. The van der Waals surface area contributed by atoms with Crippen molar-refractivity contribution in [1.82, 2.24) is 4.31 Å². The molecule has 0 aromatic heterocycles. The van der Waals surface area contributed by atoms with Crippen molar-refractivity contribution in [3.63, 3.8) is 0 Å². The predicted molar refractivity (Wildman–Crippen MR) is 44.0 cm³/mol. The molecule has 0 amide bonds. The van der Waals surface area contributed by atoms with Crippen LogP contribution >= 0.6 is 0 Å². The van der Waals surface area contributed by atoms with Crippen molar-refractivity contribution < 1.29 is 8.95 Å². The van der Waals surface area contributed by atoms with Crippen LogP contribution in [0.3, 0.4) is 0 Å². The van der Waals surface area contributed by atoms with Crippen molar-refractivity contribution in [2.45, 2.75) is 0 Å². The molecule has 0 aliphatic heterocycles. The van der Waals surface area contributed by atoms with E-state index in [1.54, 1.807) is 14.2 Å². The fourth-order valence-corrected chi connectivity index (χ4v) is 0.758. The van der Waals surface area contributed by atoms with Gasteiger partial charge in [0.2, 0.25) is 0 Å². The Bertz CT molecular complexity index is 176. The number of nitrogens with two attached hydrogens (primary N) is 1. The van der Waals surface area contributed by atoms with Gasteiger partial charge < -0.3 is 4.74 Å². The highest BCUT2D eigenvalue weighted by molar-refractivity contribution is 7.96. The van der Waals surface area contributed by atoms with Crippen LogP contribution in [0, 0.1) is 0 Å². The van der Waals surface area contributed by atoms with Gasteiger partial charge in [-0.2, -0.15) is 0 Å². The lowest BCUT2D eigenvalue weighted by Gasteiger charge is -2.16. The summed E-state index contributed by atoms with van der Waals surface area (Å²) in [4.78, 5) is 0. The average Bonchev–Trinajstić information content (AvgIpc) is 1.80. The molecule has 5 heteroatoms. The third-order valence-electron chi connectivity index (χ3n) is 1.14. The van der Waals surface area contributed by atoms with Crippen LogP contribution in [0.15, 0.2) is 0 Å². The van der Waals surface area contributed by atoms with Crippen LogP contribution in [0.1, 0.15) is 0 Å². The number of methoxy groups -OCH3 is 1. The lowest BCUT2D eigenvalue weighted by atomic mass is 10.7. The summed E-state index contributed by atoms with van der Waals surface area (Å²) in [6.07, 6.45) is 0. The zero-order chi connectivity index (χ0) is 8.20. The van der Waals surface area contributed by atoms with Gasteiger partial charge in [0, 0.05) is 20.7 Å². The number of ether oxygens (including phenoxy) is 1. The first-order valence-electron chi connectivity index (χ1n) is 2.83. The Morgan fingerprint density at radius 3 is 2.60 bits per heavy atom. The molecule has 4 nitrogen and oxygen atoms in total. The summed E-state index contributed by atoms with van der Waals surface area (Å²) in [5.74, 6) is 3.30. The Balaban J connectivity index is 3.75. The van der Waals surface area contributed by atoms with Crippen LogP contribution in [-0.4, -0.2) is 41.7 Å². The highest BCUT2D eigenvalue weighted by atomic mass is 32.2. The van der Waals surface area contributed by atoms with Gasteiger partial charge in [0.1, 0.15) is 0 Å². The SMILES string of the molecule is C=S(N)(=O)N(C)CCOC. The van der Waals surface area contributed by atoms with Crippen LogP contribution < -0.4 is 5.14 Å². The van der Waals surface area contributed by atoms with E-state index in [9.17, 15) is 4.21 Å². The maximum Gasteiger partial charge on any atom is 0.0849 e. The Kier molecular flexibility index (Phi) is 3.88. The quantitative estimate of drug-likeness (QED) is 0.549. The van der Waals surface area contributed by atoms with Gasteiger partial charge in [-0.25, -0.2) is 13.7 Å². The molecule has 0 radical (unpaired) electrons. The fraction of sp³-hybridized carbons (Fsp3) is 0.800. The smallest absolute Gasteiger partial charge is 0.0849 e. The van der Waals surface area contributed by atoms with Gasteiger partial charge in [-0.3, -0.25) is 0 Å². The summed E-state index contributed by atoms with van der Waals surface area (Å²) in [6.45, 7) is 1.05. The van der Waals surface area contributed by atoms with E-state index in [0.29, 0.717) is 13.2 Å². The van der Waals surface area contributed by atoms with Crippen LogP contribution in [0.25, 0.3) is 0 Å². The standard InChI is InChI=1S/C5H14N2O2S/c1-7(4-5-9-2)10(3,6)8/h3-5H2,1-2H3,(H2,6,8).